The third-order valence-electron chi connectivity index (χ3n) is 4.72. The number of carbonyl (C=O) groups excluding carboxylic acids is 1. The number of carbonyl (C=O) groups is 1. The Kier molecular flexibility index (Phi) is 7.20. The molecule has 1 atom stereocenters. The lowest BCUT2D eigenvalue weighted by atomic mass is 10.1. The highest BCUT2D eigenvalue weighted by atomic mass is 35.5. The molecule has 3 rings (SSSR count). The minimum absolute atomic E-state index is 0.171. The molecule has 0 aliphatic rings. The summed E-state index contributed by atoms with van der Waals surface area (Å²) in [7, 11) is 3.17. The quantitative estimate of drug-likeness (QED) is 0.523. The van der Waals surface area contributed by atoms with Gasteiger partial charge in [-0.2, -0.15) is 0 Å². The van der Waals surface area contributed by atoms with Crippen molar-refractivity contribution in [3.63, 3.8) is 0 Å². The second-order valence-corrected chi connectivity index (χ2v) is 7.12. The number of nitrogens with one attached hydrogen (secondary N) is 1. The van der Waals surface area contributed by atoms with Crippen molar-refractivity contribution in [2.75, 3.05) is 14.2 Å². The van der Waals surface area contributed by atoms with Gasteiger partial charge in [0.25, 0.3) is 5.91 Å². The van der Waals surface area contributed by atoms with E-state index in [1.54, 1.807) is 38.5 Å². The normalized spacial score (nSPS) is 11.5. The fraction of sp³-hybridized carbons (Fsp3) is 0.208. The van der Waals surface area contributed by atoms with E-state index in [0.29, 0.717) is 34.4 Å². The lowest BCUT2D eigenvalue weighted by molar-refractivity contribution is 0.0939. The molecule has 0 aromatic heterocycles. The Morgan fingerprint density at radius 1 is 0.967 bits per heavy atom. The van der Waals surface area contributed by atoms with Gasteiger partial charge in [-0.15, -0.1) is 0 Å². The molecule has 0 aliphatic heterocycles. The molecular formula is C24H24ClNO4. The monoisotopic (exact) mass is 425 g/mol. The Morgan fingerprint density at radius 3 is 2.33 bits per heavy atom. The van der Waals surface area contributed by atoms with Gasteiger partial charge in [-0.1, -0.05) is 35.9 Å². The molecular weight excluding hydrogens is 402 g/mol. The highest BCUT2D eigenvalue weighted by Gasteiger charge is 2.14. The van der Waals surface area contributed by atoms with Gasteiger partial charge >= 0.3 is 0 Å². The molecule has 0 saturated carbocycles. The summed E-state index contributed by atoms with van der Waals surface area (Å²) >= 11 is 6.14. The van der Waals surface area contributed by atoms with Crippen LogP contribution in [0.5, 0.6) is 17.2 Å². The van der Waals surface area contributed by atoms with Crippen molar-refractivity contribution in [2.24, 2.45) is 0 Å². The van der Waals surface area contributed by atoms with Crippen molar-refractivity contribution in [1.29, 1.82) is 0 Å². The number of hydrogen-bond donors (Lipinski definition) is 1. The second-order valence-electron chi connectivity index (χ2n) is 6.71. The van der Waals surface area contributed by atoms with Crippen LogP contribution in [-0.4, -0.2) is 20.1 Å². The molecule has 0 heterocycles. The third-order valence-corrected chi connectivity index (χ3v) is 5.09. The lowest BCUT2D eigenvalue weighted by Crippen LogP contribution is -2.26. The van der Waals surface area contributed by atoms with Gasteiger partial charge in [-0.3, -0.25) is 4.79 Å². The second kappa shape index (κ2) is 10.0. The first-order valence-corrected chi connectivity index (χ1v) is 9.88. The van der Waals surface area contributed by atoms with E-state index in [-0.39, 0.29) is 11.9 Å². The summed E-state index contributed by atoms with van der Waals surface area (Å²) in [6.45, 7) is 2.28. The van der Waals surface area contributed by atoms with Crippen molar-refractivity contribution in [2.45, 2.75) is 19.6 Å². The number of amides is 1. The topological polar surface area (TPSA) is 56.8 Å². The van der Waals surface area contributed by atoms with Gasteiger partial charge < -0.3 is 19.5 Å². The predicted octanol–water partition coefficient (Wildman–Crippen LogP) is 5.43. The van der Waals surface area contributed by atoms with E-state index < -0.39 is 0 Å². The lowest BCUT2D eigenvalue weighted by Gasteiger charge is -2.17. The van der Waals surface area contributed by atoms with Crippen LogP contribution in [0.25, 0.3) is 0 Å². The first-order chi connectivity index (χ1) is 14.5. The molecule has 0 saturated heterocycles. The summed E-state index contributed by atoms with van der Waals surface area (Å²) in [6, 6.07) is 19.9. The smallest absolute Gasteiger partial charge is 0.251 e. The van der Waals surface area contributed by atoms with E-state index in [4.69, 9.17) is 25.8 Å². The average Bonchev–Trinajstić information content (AvgIpc) is 2.78. The zero-order valence-electron chi connectivity index (χ0n) is 17.1. The highest BCUT2D eigenvalue weighted by molar-refractivity contribution is 6.31. The van der Waals surface area contributed by atoms with Gasteiger partial charge in [0.15, 0.2) is 11.5 Å². The summed E-state index contributed by atoms with van der Waals surface area (Å²) in [5, 5.41) is 3.66. The number of halogens is 1. The predicted molar refractivity (Wildman–Crippen MR) is 118 cm³/mol. The average molecular weight is 426 g/mol. The van der Waals surface area contributed by atoms with E-state index in [1.807, 2.05) is 49.4 Å². The van der Waals surface area contributed by atoms with Crippen LogP contribution in [0.15, 0.2) is 66.7 Å². The summed E-state index contributed by atoms with van der Waals surface area (Å²) in [4.78, 5) is 12.6. The first-order valence-electron chi connectivity index (χ1n) is 9.51. The molecule has 3 aromatic carbocycles. The molecule has 0 radical (unpaired) electrons. The highest BCUT2D eigenvalue weighted by Crippen LogP contribution is 2.30. The van der Waals surface area contributed by atoms with Crippen LogP contribution in [0.3, 0.4) is 0 Å². The molecule has 0 bridgehead atoms. The van der Waals surface area contributed by atoms with E-state index in [2.05, 4.69) is 5.32 Å². The van der Waals surface area contributed by atoms with Crippen LogP contribution in [-0.2, 0) is 6.61 Å². The maximum Gasteiger partial charge on any atom is 0.251 e. The summed E-state index contributed by atoms with van der Waals surface area (Å²) in [5.74, 6) is 1.76. The molecule has 5 nitrogen and oxygen atoms in total. The van der Waals surface area contributed by atoms with Gasteiger partial charge in [0.1, 0.15) is 12.4 Å². The molecule has 30 heavy (non-hydrogen) atoms. The molecule has 0 aliphatic carbocycles. The number of ether oxygens (including phenoxy) is 3. The van der Waals surface area contributed by atoms with Gasteiger partial charge in [-0.25, -0.2) is 0 Å². The number of benzene rings is 3. The summed E-state index contributed by atoms with van der Waals surface area (Å²) in [6.07, 6.45) is 0. The van der Waals surface area contributed by atoms with Crippen molar-refractivity contribution in [3.8, 4) is 17.2 Å². The Labute approximate surface area is 181 Å². The zero-order chi connectivity index (χ0) is 21.5. The van der Waals surface area contributed by atoms with Crippen LogP contribution in [0, 0.1) is 0 Å². The van der Waals surface area contributed by atoms with Crippen LogP contribution < -0.4 is 19.5 Å². The zero-order valence-corrected chi connectivity index (χ0v) is 17.9. The third kappa shape index (κ3) is 5.24. The standard InChI is InChI=1S/C24H24ClNO4/c1-16(18-10-13-22(28-2)23(14-18)29-3)26-24(27)17-8-11-20(12-9-17)30-15-19-6-4-5-7-21(19)25/h4-14,16H,15H2,1-3H3,(H,26,27)/t16-/m0/s1. The van der Waals surface area contributed by atoms with Crippen molar-refractivity contribution >= 4 is 17.5 Å². The van der Waals surface area contributed by atoms with Gasteiger partial charge in [0.2, 0.25) is 0 Å². The molecule has 3 aromatic rings. The number of rotatable bonds is 8. The molecule has 1 amide bonds. The van der Waals surface area contributed by atoms with Crippen LogP contribution in [0.2, 0.25) is 5.02 Å². The molecule has 0 unspecified atom stereocenters. The maximum absolute atomic E-state index is 12.6. The van der Waals surface area contributed by atoms with E-state index in [9.17, 15) is 4.79 Å². The van der Waals surface area contributed by atoms with Crippen molar-refractivity contribution < 1.29 is 19.0 Å². The van der Waals surface area contributed by atoms with Crippen LogP contribution in [0.1, 0.15) is 34.5 Å². The molecule has 0 spiro atoms. The minimum atomic E-state index is -0.201. The maximum atomic E-state index is 12.6. The Bertz CT molecular complexity index is 1000. The Morgan fingerprint density at radius 2 is 1.67 bits per heavy atom. The summed E-state index contributed by atoms with van der Waals surface area (Å²) < 4.78 is 16.4. The van der Waals surface area contributed by atoms with Crippen LogP contribution >= 0.6 is 11.6 Å². The van der Waals surface area contributed by atoms with Crippen molar-refractivity contribution in [3.05, 3.63) is 88.4 Å². The minimum Gasteiger partial charge on any atom is -0.493 e. The van der Waals surface area contributed by atoms with E-state index >= 15 is 0 Å². The van der Waals surface area contributed by atoms with Gasteiger partial charge in [0.05, 0.1) is 20.3 Å². The summed E-state index contributed by atoms with van der Waals surface area (Å²) in [5.41, 5.74) is 2.37. The van der Waals surface area contributed by atoms with Crippen molar-refractivity contribution in [1.82, 2.24) is 5.32 Å². The molecule has 1 N–H and O–H groups in total. The number of methoxy groups -OCH3 is 2. The fourth-order valence-corrected chi connectivity index (χ4v) is 3.15. The van der Waals surface area contributed by atoms with E-state index in [1.165, 1.54) is 0 Å². The van der Waals surface area contributed by atoms with Gasteiger partial charge in [-0.05, 0) is 55.0 Å². The van der Waals surface area contributed by atoms with Crippen LogP contribution in [0.4, 0.5) is 0 Å². The first kappa shape index (κ1) is 21.5. The molecule has 6 heteroatoms. The Balaban J connectivity index is 1.61. The fourth-order valence-electron chi connectivity index (χ4n) is 2.96. The Hall–Kier alpha value is -3.18. The largest absolute Gasteiger partial charge is 0.493 e. The number of hydrogen-bond acceptors (Lipinski definition) is 4. The van der Waals surface area contributed by atoms with Gasteiger partial charge in [0, 0.05) is 16.1 Å². The van der Waals surface area contributed by atoms with E-state index in [0.717, 1.165) is 11.1 Å². The SMILES string of the molecule is COc1ccc([C@H](C)NC(=O)c2ccc(OCc3ccccc3Cl)cc2)cc1OC. The molecule has 156 valence electrons. The molecule has 0 fully saturated rings.